The van der Waals surface area contributed by atoms with E-state index in [1.54, 1.807) is 12.1 Å². The summed E-state index contributed by atoms with van der Waals surface area (Å²) in [5, 5.41) is 20.1. The maximum atomic E-state index is 11.5. The lowest BCUT2D eigenvalue weighted by Gasteiger charge is -2.11. The van der Waals surface area contributed by atoms with Crippen LogP contribution in [-0.4, -0.2) is 28.1 Å². The Morgan fingerprint density at radius 1 is 1.41 bits per heavy atom. The van der Waals surface area contributed by atoms with E-state index >= 15 is 0 Å². The molecule has 0 saturated heterocycles. The summed E-state index contributed by atoms with van der Waals surface area (Å²) in [5.74, 6) is -1.44. The van der Waals surface area contributed by atoms with Crippen LogP contribution in [0.1, 0.15) is 12.8 Å². The molecular weight excluding hydrogens is 224 g/mol. The van der Waals surface area contributed by atoms with Crippen molar-refractivity contribution in [3.8, 4) is 5.75 Å². The number of carboxylic acids is 1. The van der Waals surface area contributed by atoms with Crippen molar-refractivity contribution in [2.45, 2.75) is 18.9 Å². The van der Waals surface area contributed by atoms with Crippen LogP contribution in [0.2, 0.25) is 0 Å². The third kappa shape index (κ3) is 4.52. The van der Waals surface area contributed by atoms with Crippen molar-refractivity contribution in [3.63, 3.8) is 0 Å². The number of benzene rings is 1. The molecule has 0 aromatic heterocycles. The molecular formula is C11H14N2O4. The Morgan fingerprint density at radius 2 is 2.12 bits per heavy atom. The minimum absolute atomic E-state index is 0.0295. The van der Waals surface area contributed by atoms with Gasteiger partial charge in [0.05, 0.1) is 6.04 Å². The van der Waals surface area contributed by atoms with E-state index in [2.05, 4.69) is 5.32 Å². The second kappa shape index (κ2) is 5.86. The Kier molecular flexibility index (Phi) is 4.47. The zero-order valence-electron chi connectivity index (χ0n) is 9.09. The number of nitrogens with one attached hydrogen (secondary N) is 1. The molecule has 5 N–H and O–H groups in total. The molecule has 6 heteroatoms. The second-order valence-corrected chi connectivity index (χ2v) is 3.58. The van der Waals surface area contributed by atoms with Crippen LogP contribution in [0.15, 0.2) is 24.3 Å². The van der Waals surface area contributed by atoms with Gasteiger partial charge >= 0.3 is 5.97 Å². The molecule has 0 saturated carbocycles. The van der Waals surface area contributed by atoms with Crippen LogP contribution in [0, 0.1) is 0 Å². The van der Waals surface area contributed by atoms with Gasteiger partial charge in [-0.3, -0.25) is 9.59 Å². The van der Waals surface area contributed by atoms with Crippen LogP contribution in [0.25, 0.3) is 0 Å². The number of hydrogen-bond acceptors (Lipinski definition) is 4. The zero-order chi connectivity index (χ0) is 12.8. The predicted molar refractivity (Wildman–Crippen MR) is 61.6 cm³/mol. The van der Waals surface area contributed by atoms with E-state index in [1.807, 2.05) is 0 Å². The second-order valence-electron chi connectivity index (χ2n) is 3.58. The topological polar surface area (TPSA) is 113 Å². The molecule has 0 aliphatic heterocycles. The first-order chi connectivity index (χ1) is 7.99. The van der Waals surface area contributed by atoms with Crippen molar-refractivity contribution in [1.29, 1.82) is 0 Å². The van der Waals surface area contributed by atoms with Gasteiger partial charge in [0.25, 0.3) is 0 Å². The number of rotatable bonds is 5. The highest BCUT2D eigenvalue weighted by Crippen LogP contribution is 2.15. The minimum Gasteiger partial charge on any atom is -0.508 e. The van der Waals surface area contributed by atoms with Gasteiger partial charge in [-0.1, -0.05) is 6.07 Å². The molecule has 0 aliphatic carbocycles. The maximum absolute atomic E-state index is 11.5. The minimum atomic E-state index is -0.995. The standard InChI is InChI=1S/C11H14N2O4/c12-9(4-5-10(15)16)11(17)13-7-2-1-3-8(14)6-7/h1-3,6,9,14H,4-5,12H2,(H,13,17)(H,15,16). The highest BCUT2D eigenvalue weighted by Gasteiger charge is 2.14. The monoisotopic (exact) mass is 238 g/mol. The Labute approximate surface area is 98.1 Å². The SMILES string of the molecule is NC(CCC(=O)O)C(=O)Nc1cccc(O)c1. The lowest BCUT2D eigenvalue weighted by molar-refractivity contribution is -0.137. The fourth-order valence-corrected chi connectivity index (χ4v) is 1.23. The third-order valence-electron chi connectivity index (χ3n) is 2.12. The largest absolute Gasteiger partial charge is 0.508 e. The van der Waals surface area contributed by atoms with Crippen molar-refractivity contribution >= 4 is 17.6 Å². The molecule has 0 aliphatic rings. The summed E-state index contributed by atoms with van der Waals surface area (Å²) in [4.78, 5) is 21.8. The molecule has 92 valence electrons. The van der Waals surface area contributed by atoms with Gasteiger partial charge in [0, 0.05) is 18.2 Å². The van der Waals surface area contributed by atoms with E-state index in [1.165, 1.54) is 12.1 Å². The van der Waals surface area contributed by atoms with Crippen LogP contribution in [0.5, 0.6) is 5.75 Å². The Balaban J connectivity index is 2.51. The molecule has 0 fully saturated rings. The maximum Gasteiger partial charge on any atom is 0.303 e. The van der Waals surface area contributed by atoms with Gasteiger partial charge in [-0.2, -0.15) is 0 Å². The fourth-order valence-electron chi connectivity index (χ4n) is 1.23. The Morgan fingerprint density at radius 3 is 2.71 bits per heavy atom. The lowest BCUT2D eigenvalue weighted by Crippen LogP contribution is -2.36. The fraction of sp³-hybridized carbons (Fsp3) is 0.273. The van der Waals surface area contributed by atoms with Crippen LogP contribution < -0.4 is 11.1 Å². The normalized spacial score (nSPS) is 11.8. The van der Waals surface area contributed by atoms with Crippen molar-refractivity contribution < 1.29 is 19.8 Å². The lowest BCUT2D eigenvalue weighted by atomic mass is 10.1. The summed E-state index contributed by atoms with van der Waals surface area (Å²) in [7, 11) is 0. The van der Waals surface area contributed by atoms with E-state index in [4.69, 9.17) is 10.8 Å². The molecule has 17 heavy (non-hydrogen) atoms. The summed E-state index contributed by atoms with van der Waals surface area (Å²) < 4.78 is 0. The highest BCUT2D eigenvalue weighted by atomic mass is 16.4. The number of carbonyl (C=O) groups excluding carboxylic acids is 1. The molecule has 0 heterocycles. The summed E-state index contributed by atoms with van der Waals surface area (Å²) in [6.45, 7) is 0. The summed E-state index contributed by atoms with van der Waals surface area (Å²) in [6.07, 6.45) is -0.0887. The van der Waals surface area contributed by atoms with Crippen molar-refractivity contribution in [1.82, 2.24) is 0 Å². The number of aliphatic carboxylic acids is 1. The number of phenols is 1. The molecule has 1 unspecified atom stereocenters. The molecule has 6 nitrogen and oxygen atoms in total. The summed E-state index contributed by atoms with van der Waals surface area (Å²) in [6, 6.07) is 5.14. The molecule has 1 amide bonds. The predicted octanol–water partition coefficient (Wildman–Crippen LogP) is 0.523. The number of amides is 1. The van der Waals surface area contributed by atoms with Gasteiger partial charge in [0.1, 0.15) is 5.75 Å². The van der Waals surface area contributed by atoms with Crippen molar-refractivity contribution in [3.05, 3.63) is 24.3 Å². The van der Waals surface area contributed by atoms with Crippen molar-refractivity contribution in [2.24, 2.45) is 5.73 Å². The number of phenolic OH excluding ortho intramolecular Hbond substituents is 1. The smallest absolute Gasteiger partial charge is 0.303 e. The molecule has 1 aromatic rings. The van der Waals surface area contributed by atoms with Crippen LogP contribution in [-0.2, 0) is 9.59 Å². The number of nitrogens with two attached hydrogens (primary N) is 1. The quantitative estimate of drug-likeness (QED) is 0.597. The summed E-state index contributed by atoms with van der Waals surface area (Å²) in [5.41, 5.74) is 5.93. The molecule has 1 rings (SSSR count). The Hall–Kier alpha value is -2.08. The van der Waals surface area contributed by atoms with Crippen LogP contribution in [0.3, 0.4) is 0 Å². The van der Waals surface area contributed by atoms with Gasteiger partial charge < -0.3 is 21.3 Å². The number of hydrogen-bond donors (Lipinski definition) is 4. The van der Waals surface area contributed by atoms with Gasteiger partial charge in [-0.25, -0.2) is 0 Å². The molecule has 0 radical (unpaired) electrons. The van der Waals surface area contributed by atoms with Crippen LogP contribution in [0.4, 0.5) is 5.69 Å². The van der Waals surface area contributed by atoms with Gasteiger partial charge in [-0.15, -0.1) is 0 Å². The zero-order valence-corrected chi connectivity index (χ0v) is 9.09. The first-order valence-electron chi connectivity index (χ1n) is 5.06. The third-order valence-corrected chi connectivity index (χ3v) is 2.12. The van der Waals surface area contributed by atoms with Crippen LogP contribution >= 0.6 is 0 Å². The number of aromatic hydroxyl groups is 1. The molecule has 0 bridgehead atoms. The average molecular weight is 238 g/mol. The Bertz CT molecular complexity index is 420. The summed E-state index contributed by atoms with van der Waals surface area (Å²) >= 11 is 0. The number of anilines is 1. The van der Waals surface area contributed by atoms with E-state index in [0.717, 1.165) is 0 Å². The van der Waals surface area contributed by atoms with E-state index in [-0.39, 0.29) is 18.6 Å². The van der Waals surface area contributed by atoms with E-state index in [0.29, 0.717) is 5.69 Å². The average Bonchev–Trinajstić information content (AvgIpc) is 2.25. The number of carboxylic acid groups (broad SMARTS) is 1. The van der Waals surface area contributed by atoms with Gasteiger partial charge in [0.15, 0.2) is 0 Å². The van der Waals surface area contributed by atoms with Gasteiger partial charge in [-0.05, 0) is 18.6 Å². The molecule has 1 aromatic carbocycles. The van der Waals surface area contributed by atoms with E-state index < -0.39 is 17.9 Å². The number of carbonyl (C=O) groups is 2. The highest BCUT2D eigenvalue weighted by molar-refractivity contribution is 5.95. The molecule has 1 atom stereocenters. The first kappa shape index (κ1) is 13.0. The first-order valence-corrected chi connectivity index (χ1v) is 5.06. The van der Waals surface area contributed by atoms with E-state index in [9.17, 15) is 14.7 Å². The molecule has 0 spiro atoms. The van der Waals surface area contributed by atoms with Gasteiger partial charge in [0.2, 0.25) is 5.91 Å². The van der Waals surface area contributed by atoms with Crippen molar-refractivity contribution in [2.75, 3.05) is 5.32 Å².